The number of carbonyl (C=O) groups excluding carboxylic acids is 2. The highest BCUT2D eigenvalue weighted by Crippen LogP contribution is 2.19. The first-order chi connectivity index (χ1) is 10.9. The third-order valence-corrected chi connectivity index (χ3v) is 3.84. The molecule has 0 spiro atoms. The molecule has 0 atom stereocenters. The van der Waals surface area contributed by atoms with Crippen LogP contribution in [0.4, 0.5) is 10.1 Å². The second kappa shape index (κ2) is 7.37. The number of halogens is 2. The number of ether oxygens (including phenoxy) is 1. The van der Waals surface area contributed by atoms with Gasteiger partial charge in [0.2, 0.25) is 0 Å². The number of aryl methyl sites for hydroxylation is 2. The van der Waals surface area contributed by atoms with Gasteiger partial charge >= 0.3 is 5.97 Å². The first-order valence-corrected chi connectivity index (χ1v) is 7.65. The molecule has 1 amide bonds. The third-order valence-electron chi connectivity index (χ3n) is 3.15. The van der Waals surface area contributed by atoms with Crippen LogP contribution in [0.5, 0.6) is 0 Å². The number of anilines is 1. The van der Waals surface area contributed by atoms with Crippen molar-refractivity contribution >= 4 is 33.5 Å². The van der Waals surface area contributed by atoms with Crippen LogP contribution in [0.1, 0.15) is 21.5 Å². The molecule has 0 aliphatic rings. The molecule has 2 aromatic rings. The van der Waals surface area contributed by atoms with E-state index >= 15 is 0 Å². The molecule has 23 heavy (non-hydrogen) atoms. The monoisotopic (exact) mass is 379 g/mol. The topological polar surface area (TPSA) is 55.4 Å². The van der Waals surface area contributed by atoms with Crippen LogP contribution < -0.4 is 5.32 Å². The summed E-state index contributed by atoms with van der Waals surface area (Å²) < 4.78 is 18.5. The van der Waals surface area contributed by atoms with E-state index in [9.17, 15) is 14.0 Å². The molecule has 120 valence electrons. The number of benzene rings is 2. The van der Waals surface area contributed by atoms with E-state index in [4.69, 9.17) is 4.74 Å². The number of hydrogen-bond acceptors (Lipinski definition) is 3. The van der Waals surface area contributed by atoms with Gasteiger partial charge in [0.25, 0.3) is 5.91 Å². The predicted molar refractivity (Wildman–Crippen MR) is 88.9 cm³/mol. The Morgan fingerprint density at radius 1 is 1.17 bits per heavy atom. The first-order valence-electron chi connectivity index (χ1n) is 6.86. The fourth-order valence-electron chi connectivity index (χ4n) is 1.92. The van der Waals surface area contributed by atoms with Crippen molar-refractivity contribution in [3.63, 3.8) is 0 Å². The number of nitrogens with one attached hydrogen (secondary N) is 1. The summed E-state index contributed by atoms with van der Waals surface area (Å²) in [6.07, 6.45) is 0. The standard InChI is InChI=1S/C17H15BrFNO3/c1-10-3-4-11(2)15(7-10)20-16(21)9-23-17(22)13-8-12(19)5-6-14(13)18/h3-8H,9H2,1-2H3,(H,20,21). The lowest BCUT2D eigenvalue weighted by atomic mass is 10.1. The molecule has 0 saturated heterocycles. The van der Waals surface area contributed by atoms with Crippen LogP contribution in [0.15, 0.2) is 40.9 Å². The number of rotatable bonds is 4. The van der Waals surface area contributed by atoms with Crippen LogP contribution in [0, 0.1) is 19.7 Å². The number of carbonyl (C=O) groups is 2. The van der Waals surface area contributed by atoms with Gasteiger partial charge in [0.15, 0.2) is 6.61 Å². The molecular formula is C17H15BrFNO3. The zero-order chi connectivity index (χ0) is 17.0. The molecule has 4 nitrogen and oxygen atoms in total. The SMILES string of the molecule is Cc1ccc(C)c(NC(=O)COC(=O)c2cc(F)ccc2Br)c1. The summed E-state index contributed by atoms with van der Waals surface area (Å²) >= 11 is 3.14. The maximum atomic E-state index is 13.2. The minimum atomic E-state index is -0.771. The minimum Gasteiger partial charge on any atom is -0.452 e. The maximum Gasteiger partial charge on any atom is 0.339 e. The molecule has 0 radical (unpaired) electrons. The predicted octanol–water partition coefficient (Wildman–Crippen LogP) is 4.00. The van der Waals surface area contributed by atoms with E-state index in [0.29, 0.717) is 10.2 Å². The third kappa shape index (κ3) is 4.63. The molecule has 2 aromatic carbocycles. The Morgan fingerprint density at radius 2 is 1.91 bits per heavy atom. The Hall–Kier alpha value is -2.21. The van der Waals surface area contributed by atoms with Gasteiger partial charge in [-0.25, -0.2) is 9.18 Å². The van der Waals surface area contributed by atoms with E-state index in [2.05, 4.69) is 21.2 Å². The van der Waals surface area contributed by atoms with Gasteiger partial charge in [0, 0.05) is 10.2 Å². The Labute approximate surface area is 141 Å². The summed E-state index contributed by atoms with van der Waals surface area (Å²) in [6.45, 7) is 3.33. The van der Waals surface area contributed by atoms with Crippen LogP contribution in [0.2, 0.25) is 0 Å². The van der Waals surface area contributed by atoms with Crippen molar-refractivity contribution in [2.45, 2.75) is 13.8 Å². The van der Waals surface area contributed by atoms with E-state index in [1.807, 2.05) is 32.0 Å². The maximum absolute atomic E-state index is 13.2. The summed E-state index contributed by atoms with van der Waals surface area (Å²) in [4.78, 5) is 23.8. The summed E-state index contributed by atoms with van der Waals surface area (Å²) in [5.74, 6) is -1.79. The fourth-order valence-corrected chi connectivity index (χ4v) is 2.33. The second-order valence-corrected chi connectivity index (χ2v) is 5.92. The van der Waals surface area contributed by atoms with Crippen LogP contribution in [-0.4, -0.2) is 18.5 Å². The second-order valence-electron chi connectivity index (χ2n) is 5.07. The largest absolute Gasteiger partial charge is 0.452 e. The summed E-state index contributed by atoms with van der Waals surface area (Å²) in [5, 5.41) is 2.68. The lowest BCUT2D eigenvalue weighted by Crippen LogP contribution is -2.21. The Balaban J connectivity index is 1.97. The molecule has 0 bridgehead atoms. The molecule has 2 rings (SSSR count). The molecule has 0 aliphatic heterocycles. The molecule has 6 heteroatoms. The summed E-state index contributed by atoms with van der Waals surface area (Å²) in [6, 6.07) is 9.33. The lowest BCUT2D eigenvalue weighted by Gasteiger charge is -2.10. The van der Waals surface area contributed by atoms with Crippen LogP contribution in [-0.2, 0) is 9.53 Å². The van der Waals surface area contributed by atoms with Crippen LogP contribution >= 0.6 is 15.9 Å². The van der Waals surface area contributed by atoms with Gasteiger partial charge in [-0.2, -0.15) is 0 Å². The molecule has 0 aliphatic carbocycles. The van der Waals surface area contributed by atoms with Crippen molar-refractivity contribution in [1.29, 1.82) is 0 Å². The van der Waals surface area contributed by atoms with Crippen molar-refractivity contribution in [3.05, 3.63) is 63.4 Å². The van der Waals surface area contributed by atoms with Crippen molar-refractivity contribution in [2.75, 3.05) is 11.9 Å². The van der Waals surface area contributed by atoms with E-state index in [1.165, 1.54) is 12.1 Å². The van der Waals surface area contributed by atoms with E-state index in [0.717, 1.165) is 17.2 Å². The van der Waals surface area contributed by atoms with E-state index in [-0.39, 0.29) is 5.56 Å². The molecule has 0 saturated carbocycles. The molecule has 0 fully saturated rings. The van der Waals surface area contributed by atoms with Crippen LogP contribution in [0.3, 0.4) is 0 Å². The zero-order valence-corrected chi connectivity index (χ0v) is 14.2. The smallest absolute Gasteiger partial charge is 0.339 e. The summed E-state index contributed by atoms with van der Waals surface area (Å²) in [7, 11) is 0. The van der Waals surface area contributed by atoms with Crippen molar-refractivity contribution < 1.29 is 18.7 Å². The average Bonchev–Trinajstić information content (AvgIpc) is 2.51. The average molecular weight is 380 g/mol. The zero-order valence-electron chi connectivity index (χ0n) is 12.7. The summed E-state index contributed by atoms with van der Waals surface area (Å²) in [5.41, 5.74) is 2.61. The van der Waals surface area contributed by atoms with Crippen molar-refractivity contribution in [2.24, 2.45) is 0 Å². The quantitative estimate of drug-likeness (QED) is 0.816. The fraction of sp³-hybridized carbons (Fsp3) is 0.176. The van der Waals surface area contributed by atoms with E-state index in [1.54, 1.807) is 0 Å². The first kappa shape index (κ1) is 17.1. The van der Waals surface area contributed by atoms with Crippen molar-refractivity contribution in [1.82, 2.24) is 0 Å². The van der Waals surface area contributed by atoms with Gasteiger partial charge in [-0.05, 0) is 65.2 Å². The van der Waals surface area contributed by atoms with Crippen LogP contribution in [0.25, 0.3) is 0 Å². The number of hydrogen-bond donors (Lipinski definition) is 1. The normalized spacial score (nSPS) is 10.3. The molecule has 0 unspecified atom stereocenters. The highest BCUT2D eigenvalue weighted by atomic mass is 79.9. The molecule has 1 N–H and O–H groups in total. The molecule has 0 heterocycles. The minimum absolute atomic E-state index is 0.0320. The van der Waals surface area contributed by atoms with Gasteiger partial charge < -0.3 is 10.1 Å². The van der Waals surface area contributed by atoms with E-state index < -0.39 is 24.3 Å². The van der Waals surface area contributed by atoms with Gasteiger partial charge in [-0.3, -0.25) is 4.79 Å². The Morgan fingerprint density at radius 3 is 2.65 bits per heavy atom. The van der Waals surface area contributed by atoms with Gasteiger partial charge in [-0.1, -0.05) is 12.1 Å². The van der Waals surface area contributed by atoms with Gasteiger partial charge in [0.05, 0.1) is 5.56 Å². The van der Waals surface area contributed by atoms with Gasteiger partial charge in [0.1, 0.15) is 5.82 Å². The number of amides is 1. The van der Waals surface area contributed by atoms with Gasteiger partial charge in [-0.15, -0.1) is 0 Å². The molecular weight excluding hydrogens is 365 g/mol. The number of esters is 1. The lowest BCUT2D eigenvalue weighted by molar-refractivity contribution is -0.119. The van der Waals surface area contributed by atoms with Crippen molar-refractivity contribution in [3.8, 4) is 0 Å². The molecule has 0 aromatic heterocycles. The Bertz CT molecular complexity index is 761. The highest BCUT2D eigenvalue weighted by Gasteiger charge is 2.15. The highest BCUT2D eigenvalue weighted by molar-refractivity contribution is 9.10. The Kier molecular flexibility index (Phi) is 5.50.